The number of carbonyl (C=O) groups excluding carboxylic acids is 1. The number of aromatic carboxylic acids is 1. The molecule has 6 heteroatoms. The van der Waals surface area contributed by atoms with Gasteiger partial charge in [0.1, 0.15) is 0 Å². The standard InChI is InChI=1S/C13H19N3O3/c1-14-7-4-8-16(2)13(19)15-11-6-3-5-10(9-11)12(17)18/h3,5-6,9,14H,4,7-8H2,1-2H3,(H,15,19)(H,17,18). The van der Waals surface area contributed by atoms with Crippen molar-refractivity contribution in [2.45, 2.75) is 6.42 Å². The van der Waals surface area contributed by atoms with E-state index in [1.54, 1.807) is 24.1 Å². The molecule has 0 heterocycles. The van der Waals surface area contributed by atoms with E-state index in [1.165, 1.54) is 12.1 Å². The third-order valence-corrected chi connectivity index (χ3v) is 2.63. The second-order valence-electron chi connectivity index (χ2n) is 4.19. The molecular weight excluding hydrogens is 246 g/mol. The summed E-state index contributed by atoms with van der Waals surface area (Å²) in [6.07, 6.45) is 0.857. The molecule has 1 aromatic rings. The van der Waals surface area contributed by atoms with Crippen molar-refractivity contribution < 1.29 is 14.7 Å². The Bertz CT molecular complexity index is 449. The lowest BCUT2D eigenvalue weighted by molar-refractivity contribution is 0.0697. The van der Waals surface area contributed by atoms with E-state index in [4.69, 9.17) is 5.11 Å². The van der Waals surface area contributed by atoms with Gasteiger partial charge in [0.05, 0.1) is 5.56 Å². The van der Waals surface area contributed by atoms with Crippen molar-refractivity contribution in [3.05, 3.63) is 29.8 Å². The van der Waals surface area contributed by atoms with Crippen LogP contribution >= 0.6 is 0 Å². The molecule has 1 rings (SSSR count). The van der Waals surface area contributed by atoms with Crippen LogP contribution in [0.4, 0.5) is 10.5 Å². The van der Waals surface area contributed by atoms with E-state index < -0.39 is 5.97 Å². The van der Waals surface area contributed by atoms with Crippen LogP contribution in [0.3, 0.4) is 0 Å². The third kappa shape index (κ3) is 4.97. The van der Waals surface area contributed by atoms with Crippen molar-refractivity contribution in [2.24, 2.45) is 0 Å². The number of anilines is 1. The smallest absolute Gasteiger partial charge is 0.335 e. The highest BCUT2D eigenvalue weighted by atomic mass is 16.4. The van der Waals surface area contributed by atoms with E-state index in [9.17, 15) is 9.59 Å². The summed E-state index contributed by atoms with van der Waals surface area (Å²) in [5, 5.41) is 14.5. The zero-order valence-corrected chi connectivity index (χ0v) is 11.1. The number of nitrogens with one attached hydrogen (secondary N) is 2. The quantitative estimate of drug-likeness (QED) is 0.680. The molecule has 1 aromatic carbocycles. The molecule has 19 heavy (non-hydrogen) atoms. The third-order valence-electron chi connectivity index (χ3n) is 2.63. The average Bonchev–Trinajstić information content (AvgIpc) is 2.39. The first-order chi connectivity index (χ1) is 9.04. The fourth-order valence-corrected chi connectivity index (χ4v) is 1.54. The van der Waals surface area contributed by atoms with Crippen LogP contribution in [-0.2, 0) is 0 Å². The van der Waals surface area contributed by atoms with Crippen molar-refractivity contribution in [1.29, 1.82) is 0 Å². The molecule has 0 aliphatic heterocycles. The van der Waals surface area contributed by atoms with Crippen LogP contribution in [0.2, 0.25) is 0 Å². The summed E-state index contributed by atoms with van der Waals surface area (Å²) in [5.74, 6) is -1.02. The number of carboxylic acid groups (broad SMARTS) is 1. The van der Waals surface area contributed by atoms with Gasteiger partial charge in [0.2, 0.25) is 0 Å². The maximum absolute atomic E-state index is 11.8. The van der Waals surface area contributed by atoms with Gasteiger partial charge in [0, 0.05) is 19.3 Å². The van der Waals surface area contributed by atoms with Gasteiger partial charge in [0.15, 0.2) is 0 Å². The SMILES string of the molecule is CNCCCN(C)C(=O)Nc1cccc(C(=O)O)c1. The Morgan fingerprint density at radius 1 is 1.37 bits per heavy atom. The topological polar surface area (TPSA) is 81.7 Å². The first kappa shape index (κ1) is 15.0. The van der Waals surface area contributed by atoms with Crippen molar-refractivity contribution >= 4 is 17.7 Å². The number of amides is 2. The minimum atomic E-state index is -1.02. The van der Waals surface area contributed by atoms with Gasteiger partial charge in [-0.15, -0.1) is 0 Å². The molecule has 0 atom stereocenters. The molecule has 0 aliphatic rings. The van der Waals surface area contributed by atoms with E-state index in [-0.39, 0.29) is 11.6 Å². The van der Waals surface area contributed by atoms with Gasteiger partial charge in [-0.3, -0.25) is 0 Å². The summed E-state index contributed by atoms with van der Waals surface area (Å²) >= 11 is 0. The van der Waals surface area contributed by atoms with Gasteiger partial charge >= 0.3 is 12.0 Å². The molecule has 0 aromatic heterocycles. The molecule has 0 bridgehead atoms. The molecule has 104 valence electrons. The van der Waals surface area contributed by atoms with Gasteiger partial charge in [-0.1, -0.05) is 6.07 Å². The highest BCUT2D eigenvalue weighted by Gasteiger charge is 2.09. The van der Waals surface area contributed by atoms with Gasteiger partial charge < -0.3 is 20.6 Å². The minimum absolute atomic E-state index is 0.149. The fraction of sp³-hybridized carbons (Fsp3) is 0.385. The molecule has 0 saturated heterocycles. The highest BCUT2D eigenvalue weighted by molar-refractivity contribution is 5.93. The molecule has 0 unspecified atom stereocenters. The van der Waals surface area contributed by atoms with Crippen molar-refractivity contribution in [3.8, 4) is 0 Å². The molecular formula is C13H19N3O3. The van der Waals surface area contributed by atoms with E-state index in [0.717, 1.165) is 13.0 Å². The first-order valence-corrected chi connectivity index (χ1v) is 6.04. The van der Waals surface area contributed by atoms with Crippen LogP contribution in [0.15, 0.2) is 24.3 Å². The average molecular weight is 265 g/mol. The molecule has 6 nitrogen and oxygen atoms in total. The molecule has 3 N–H and O–H groups in total. The van der Waals surface area contributed by atoms with E-state index in [1.807, 2.05) is 7.05 Å². The molecule has 0 aliphatic carbocycles. The Morgan fingerprint density at radius 3 is 2.74 bits per heavy atom. The second kappa shape index (κ2) is 7.38. The van der Waals surface area contributed by atoms with Crippen LogP contribution in [0.25, 0.3) is 0 Å². The number of benzene rings is 1. The van der Waals surface area contributed by atoms with Gasteiger partial charge in [-0.25, -0.2) is 9.59 Å². The van der Waals surface area contributed by atoms with Crippen LogP contribution in [0, 0.1) is 0 Å². The van der Waals surface area contributed by atoms with Crippen LogP contribution in [0.5, 0.6) is 0 Å². The number of nitrogens with zero attached hydrogens (tertiary/aromatic N) is 1. The molecule has 0 spiro atoms. The van der Waals surface area contributed by atoms with Gasteiger partial charge in [-0.2, -0.15) is 0 Å². The predicted molar refractivity (Wildman–Crippen MR) is 73.6 cm³/mol. The summed E-state index contributed by atoms with van der Waals surface area (Å²) in [6.45, 7) is 1.47. The lowest BCUT2D eigenvalue weighted by Gasteiger charge is -2.18. The summed E-state index contributed by atoms with van der Waals surface area (Å²) in [5.41, 5.74) is 0.626. The molecule has 0 radical (unpaired) electrons. The monoisotopic (exact) mass is 265 g/mol. The van der Waals surface area contributed by atoms with Crippen molar-refractivity contribution in [1.82, 2.24) is 10.2 Å². The second-order valence-corrected chi connectivity index (χ2v) is 4.19. The lowest BCUT2D eigenvalue weighted by Crippen LogP contribution is -2.33. The van der Waals surface area contributed by atoms with E-state index >= 15 is 0 Å². The highest BCUT2D eigenvalue weighted by Crippen LogP contribution is 2.11. The maximum atomic E-state index is 11.8. The minimum Gasteiger partial charge on any atom is -0.478 e. The molecule has 0 saturated carbocycles. The number of urea groups is 1. The predicted octanol–water partition coefficient (Wildman–Crippen LogP) is 1.46. The van der Waals surface area contributed by atoms with Crippen LogP contribution in [-0.4, -0.2) is 49.2 Å². The van der Waals surface area contributed by atoms with Crippen molar-refractivity contribution in [3.63, 3.8) is 0 Å². The van der Waals surface area contributed by atoms with Crippen LogP contribution in [0.1, 0.15) is 16.8 Å². The number of carbonyl (C=O) groups is 2. The molecule has 2 amide bonds. The Labute approximate surface area is 112 Å². The maximum Gasteiger partial charge on any atom is 0.335 e. The van der Waals surface area contributed by atoms with Gasteiger partial charge in [-0.05, 0) is 38.2 Å². The number of hydrogen-bond acceptors (Lipinski definition) is 3. The number of hydrogen-bond donors (Lipinski definition) is 3. The largest absolute Gasteiger partial charge is 0.478 e. The van der Waals surface area contributed by atoms with Crippen molar-refractivity contribution in [2.75, 3.05) is 32.5 Å². The zero-order valence-electron chi connectivity index (χ0n) is 11.1. The van der Waals surface area contributed by atoms with Gasteiger partial charge in [0.25, 0.3) is 0 Å². The Morgan fingerprint density at radius 2 is 2.11 bits per heavy atom. The Balaban J connectivity index is 2.56. The number of rotatable bonds is 6. The Hall–Kier alpha value is -2.08. The zero-order chi connectivity index (χ0) is 14.3. The molecule has 0 fully saturated rings. The summed E-state index contributed by atoms with van der Waals surface area (Å²) in [4.78, 5) is 24.2. The Kier molecular flexibility index (Phi) is 5.81. The summed E-state index contributed by atoms with van der Waals surface area (Å²) in [7, 11) is 3.56. The lowest BCUT2D eigenvalue weighted by atomic mass is 10.2. The first-order valence-electron chi connectivity index (χ1n) is 6.04. The number of carboxylic acids is 1. The summed E-state index contributed by atoms with van der Waals surface area (Å²) < 4.78 is 0. The normalized spacial score (nSPS) is 10.0. The summed E-state index contributed by atoms with van der Waals surface area (Å²) in [6, 6.07) is 5.92. The van der Waals surface area contributed by atoms with E-state index in [2.05, 4.69) is 10.6 Å². The van der Waals surface area contributed by atoms with Crippen LogP contribution < -0.4 is 10.6 Å². The fourth-order valence-electron chi connectivity index (χ4n) is 1.54. The van der Waals surface area contributed by atoms with E-state index in [0.29, 0.717) is 12.2 Å².